The molecule has 2 nitrogen and oxygen atoms in total. The lowest BCUT2D eigenvalue weighted by Gasteiger charge is -2.38. The van der Waals surface area contributed by atoms with Gasteiger partial charge in [-0.05, 0) is 30.4 Å². The smallest absolute Gasteiger partial charge is 0.146 e. The summed E-state index contributed by atoms with van der Waals surface area (Å²) in [6, 6.07) is 6.29. The number of nitrogens with one attached hydrogen (secondary N) is 1. The molecule has 0 heterocycles. The van der Waals surface area contributed by atoms with Gasteiger partial charge in [0.05, 0.1) is 5.69 Å². The van der Waals surface area contributed by atoms with Gasteiger partial charge in [-0.1, -0.05) is 45.7 Å². The summed E-state index contributed by atoms with van der Waals surface area (Å²) in [5.41, 5.74) is 1.84. The third-order valence-electron chi connectivity index (χ3n) is 4.69. The Labute approximate surface area is 128 Å². The number of anilines is 1. The van der Waals surface area contributed by atoms with E-state index in [1.54, 1.807) is 6.07 Å². The predicted molar refractivity (Wildman–Crippen MR) is 88.2 cm³/mol. The number of hydrogen-bond donors (Lipinski definition) is 1. The van der Waals surface area contributed by atoms with E-state index in [4.69, 9.17) is 0 Å². The van der Waals surface area contributed by atoms with Gasteiger partial charge in [-0.2, -0.15) is 0 Å². The Morgan fingerprint density at radius 1 is 1.29 bits per heavy atom. The fraction of sp³-hybridized carbons (Fsp3) is 0.667. The zero-order chi connectivity index (χ0) is 15.4. The first-order valence-corrected chi connectivity index (χ1v) is 8.24. The minimum absolute atomic E-state index is 0.0988. The van der Waals surface area contributed by atoms with Gasteiger partial charge < -0.3 is 10.2 Å². The fourth-order valence-corrected chi connectivity index (χ4v) is 3.45. The highest BCUT2D eigenvalue weighted by atomic mass is 19.1. The van der Waals surface area contributed by atoms with Crippen molar-refractivity contribution in [1.82, 2.24) is 5.32 Å². The van der Waals surface area contributed by atoms with Crippen LogP contribution < -0.4 is 10.2 Å². The largest absolute Gasteiger partial charge is 0.369 e. The summed E-state index contributed by atoms with van der Waals surface area (Å²) >= 11 is 0. The van der Waals surface area contributed by atoms with Crippen LogP contribution in [0, 0.1) is 11.7 Å². The van der Waals surface area contributed by atoms with Gasteiger partial charge in [0.25, 0.3) is 0 Å². The van der Waals surface area contributed by atoms with Crippen LogP contribution in [0.1, 0.15) is 52.0 Å². The molecule has 3 heteroatoms. The molecule has 2 rings (SSSR count). The maximum atomic E-state index is 14.4. The summed E-state index contributed by atoms with van der Waals surface area (Å²) in [7, 11) is 2.06. The molecule has 118 valence electrons. The van der Waals surface area contributed by atoms with E-state index in [1.807, 2.05) is 12.1 Å². The Balaban J connectivity index is 2.23. The number of halogens is 1. The fourth-order valence-electron chi connectivity index (χ4n) is 3.45. The molecule has 1 fully saturated rings. The standard InChI is InChI=1S/C18H29FN2/c1-13(2)20-12-15-9-7-10-16(19)18(15)21(4)17-11-6-5-8-14(17)3/h7,9-10,13-14,17,20H,5-6,8,11-12H2,1-4H3. The molecule has 0 saturated heterocycles. The molecule has 1 saturated carbocycles. The van der Waals surface area contributed by atoms with Gasteiger partial charge >= 0.3 is 0 Å². The molecule has 21 heavy (non-hydrogen) atoms. The molecule has 0 amide bonds. The number of nitrogens with zero attached hydrogens (tertiary/aromatic N) is 1. The van der Waals surface area contributed by atoms with E-state index in [0.29, 0.717) is 18.0 Å². The lowest BCUT2D eigenvalue weighted by atomic mass is 9.84. The highest BCUT2D eigenvalue weighted by molar-refractivity contribution is 5.55. The van der Waals surface area contributed by atoms with Crippen LogP contribution in [-0.4, -0.2) is 19.1 Å². The van der Waals surface area contributed by atoms with E-state index in [2.05, 4.69) is 38.0 Å². The van der Waals surface area contributed by atoms with E-state index >= 15 is 0 Å². The number of benzene rings is 1. The Kier molecular flexibility index (Phi) is 5.63. The van der Waals surface area contributed by atoms with Crippen molar-refractivity contribution in [3.8, 4) is 0 Å². The maximum absolute atomic E-state index is 14.4. The molecule has 1 aromatic carbocycles. The molecule has 2 unspecified atom stereocenters. The predicted octanol–water partition coefficient (Wildman–Crippen LogP) is 4.34. The van der Waals surface area contributed by atoms with Crippen molar-refractivity contribution in [2.45, 2.75) is 65.1 Å². The topological polar surface area (TPSA) is 15.3 Å². The average molecular weight is 292 g/mol. The van der Waals surface area contributed by atoms with E-state index in [9.17, 15) is 4.39 Å². The average Bonchev–Trinajstić information content (AvgIpc) is 2.45. The van der Waals surface area contributed by atoms with Gasteiger partial charge in [0.15, 0.2) is 0 Å². The second kappa shape index (κ2) is 7.26. The van der Waals surface area contributed by atoms with Crippen LogP contribution >= 0.6 is 0 Å². The first kappa shape index (κ1) is 16.3. The van der Waals surface area contributed by atoms with Crippen LogP contribution in [0.2, 0.25) is 0 Å². The molecule has 0 spiro atoms. The summed E-state index contributed by atoms with van der Waals surface area (Å²) in [4.78, 5) is 2.19. The molecule has 1 N–H and O–H groups in total. The molecule has 0 bridgehead atoms. The Bertz CT molecular complexity index is 459. The lowest BCUT2D eigenvalue weighted by Crippen LogP contribution is -2.40. The molecule has 1 aliphatic carbocycles. The summed E-state index contributed by atoms with van der Waals surface area (Å²) in [5, 5.41) is 3.41. The van der Waals surface area contributed by atoms with E-state index in [1.165, 1.54) is 25.7 Å². The van der Waals surface area contributed by atoms with Gasteiger partial charge in [0, 0.05) is 25.7 Å². The summed E-state index contributed by atoms with van der Waals surface area (Å²) < 4.78 is 14.4. The van der Waals surface area contributed by atoms with Crippen LogP contribution in [0.15, 0.2) is 18.2 Å². The zero-order valence-electron chi connectivity index (χ0n) is 13.8. The van der Waals surface area contributed by atoms with Gasteiger partial charge in [-0.25, -0.2) is 4.39 Å². The second-order valence-corrected chi connectivity index (χ2v) is 6.72. The quantitative estimate of drug-likeness (QED) is 0.868. The Morgan fingerprint density at radius 3 is 2.67 bits per heavy atom. The minimum atomic E-state index is -0.0988. The molecular weight excluding hydrogens is 263 g/mol. The monoisotopic (exact) mass is 292 g/mol. The number of rotatable bonds is 5. The first-order valence-electron chi connectivity index (χ1n) is 8.24. The summed E-state index contributed by atoms with van der Waals surface area (Å²) in [6.07, 6.45) is 4.99. The molecule has 2 atom stereocenters. The van der Waals surface area contributed by atoms with Crippen LogP contribution in [0.25, 0.3) is 0 Å². The maximum Gasteiger partial charge on any atom is 0.146 e. The van der Waals surface area contributed by atoms with Crippen LogP contribution in [0.4, 0.5) is 10.1 Å². The molecule has 1 aromatic rings. The SMILES string of the molecule is CC(C)NCc1cccc(F)c1N(C)C1CCCCC1C. The van der Waals surface area contributed by atoms with Crippen LogP contribution in [0.3, 0.4) is 0 Å². The van der Waals surface area contributed by atoms with Gasteiger partial charge in [0.1, 0.15) is 5.82 Å². The first-order chi connectivity index (χ1) is 10.0. The van der Waals surface area contributed by atoms with Crippen molar-refractivity contribution < 1.29 is 4.39 Å². The molecular formula is C18H29FN2. The highest BCUT2D eigenvalue weighted by Crippen LogP contribution is 2.33. The van der Waals surface area contributed by atoms with Crippen molar-refractivity contribution in [3.63, 3.8) is 0 Å². The number of hydrogen-bond acceptors (Lipinski definition) is 2. The number of para-hydroxylation sites is 1. The van der Waals surface area contributed by atoms with Crippen molar-refractivity contribution >= 4 is 5.69 Å². The second-order valence-electron chi connectivity index (χ2n) is 6.72. The zero-order valence-corrected chi connectivity index (χ0v) is 13.8. The van der Waals surface area contributed by atoms with Crippen molar-refractivity contribution in [2.24, 2.45) is 5.92 Å². The van der Waals surface area contributed by atoms with Crippen molar-refractivity contribution in [1.29, 1.82) is 0 Å². The van der Waals surface area contributed by atoms with Crippen LogP contribution in [0.5, 0.6) is 0 Å². The van der Waals surface area contributed by atoms with Gasteiger partial charge in [0.2, 0.25) is 0 Å². The van der Waals surface area contributed by atoms with Crippen molar-refractivity contribution in [3.05, 3.63) is 29.6 Å². The Morgan fingerprint density at radius 2 is 2.00 bits per heavy atom. The van der Waals surface area contributed by atoms with Gasteiger partial charge in [-0.15, -0.1) is 0 Å². The minimum Gasteiger partial charge on any atom is -0.369 e. The summed E-state index contributed by atoms with van der Waals surface area (Å²) in [6.45, 7) is 7.25. The molecule has 0 radical (unpaired) electrons. The normalized spacial score (nSPS) is 22.6. The third kappa shape index (κ3) is 3.97. The van der Waals surface area contributed by atoms with Crippen LogP contribution in [-0.2, 0) is 6.54 Å². The summed E-state index contributed by atoms with van der Waals surface area (Å²) in [5.74, 6) is 0.535. The molecule has 0 aromatic heterocycles. The van der Waals surface area contributed by atoms with E-state index < -0.39 is 0 Å². The van der Waals surface area contributed by atoms with Gasteiger partial charge in [-0.3, -0.25) is 0 Å². The highest BCUT2D eigenvalue weighted by Gasteiger charge is 2.27. The van der Waals surface area contributed by atoms with E-state index in [-0.39, 0.29) is 5.82 Å². The third-order valence-corrected chi connectivity index (χ3v) is 4.69. The van der Waals surface area contributed by atoms with E-state index in [0.717, 1.165) is 17.8 Å². The lowest BCUT2D eigenvalue weighted by molar-refractivity contribution is 0.320. The molecule has 0 aliphatic heterocycles. The molecule has 1 aliphatic rings. The van der Waals surface area contributed by atoms with Crippen molar-refractivity contribution in [2.75, 3.05) is 11.9 Å². The Hall–Kier alpha value is -1.09.